The average Bonchev–Trinajstić information content (AvgIpc) is 3.12. The molecule has 0 atom stereocenters. The summed E-state index contributed by atoms with van der Waals surface area (Å²) >= 11 is 0. The second-order valence-electron chi connectivity index (χ2n) is 6.28. The Morgan fingerprint density at radius 1 is 1.24 bits per heavy atom. The second kappa shape index (κ2) is 9.34. The molecule has 0 spiro atoms. The van der Waals surface area contributed by atoms with Gasteiger partial charge in [0.05, 0.1) is 6.20 Å². The van der Waals surface area contributed by atoms with Gasteiger partial charge in [0.25, 0.3) is 0 Å². The van der Waals surface area contributed by atoms with Crippen LogP contribution in [0.5, 0.6) is 0 Å². The number of rotatable bonds is 8. The molecule has 1 aromatic heterocycles. The quantitative estimate of drug-likeness (QED) is 0.764. The van der Waals surface area contributed by atoms with Gasteiger partial charge in [-0.05, 0) is 6.42 Å². The number of carbonyl (C=O) groups excluding carboxylic acids is 1. The molecule has 1 aliphatic rings. The van der Waals surface area contributed by atoms with Crippen molar-refractivity contribution in [1.29, 1.82) is 0 Å². The standard InChI is InChI=1S/C19H26N4O2/c24-18(21-11-14-23-12-9-20-10-13-23)7-4-8-19-22-15-17(25-19)16-5-2-1-3-6-16/h1-3,5-6,15,20H,4,7-14H2,(H,21,24). The summed E-state index contributed by atoms with van der Waals surface area (Å²) in [6.45, 7) is 5.83. The molecule has 0 aliphatic carbocycles. The first-order valence-corrected chi connectivity index (χ1v) is 9.01. The molecule has 1 amide bonds. The van der Waals surface area contributed by atoms with E-state index in [4.69, 9.17) is 4.42 Å². The minimum Gasteiger partial charge on any atom is -0.441 e. The van der Waals surface area contributed by atoms with Gasteiger partial charge in [0.15, 0.2) is 11.7 Å². The van der Waals surface area contributed by atoms with E-state index < -0.39 is 0 Å². The van der Waals surface area contributed by atoms with Gasteiger partial charge in [-0.15, -0.1) is 0 Å². The van der Waals surface area contributed by atoms with Crippen LogP contribution in [0.25, 0.3) is 11.3 Å². The van der Waals surface area contributed by atoms with E-state index in [1.54, 1.807) is 6.20 Å². The highest BCUT2D eigenvalue weighted by Gasteiger charge is 2.10. The molecule has 0 bridgehead atoms. The minimum absolute atomic E-state index is 0.102. The van der Waals surface area contributed by atoms with E-state index in [2.05, 4.69) is 20.5 Å². The fourth-order valence-electron chi connectivity index (χ4n) is 2.94. The molecule has 0 unspecified atom stereocenters. The van der Waals surface area contributed by atoms with Gasteiger partial charge in [0.1, 0.15) is 0 Å². The molecule has 2 aromatic rings. The molecular formula is C19H26N4O2. The maximum absolute atomic E-state index is 11.9. The Morgan fingerprint density at radius 2 is 2.04 bits per heavy atom. The molecule has 6 heteroatoms. The van der Waals surface area contributed by atoms with Crippen LogP contribution in [-0.4, -0.2) is 55.1 Å². The van der Waals surface area contributed by atoms with Crippen LogP contribution in [-0.2, 0) is 11.2 Å². The van der Waals surface area contributed by atoms with Crippen molar-refractivity contribution in [2.24, 2.45) is 0 Å². The molecule has 2 heterocycles. The van der Waals surface area contributed by atoms with Crippen molar-refractivity contribution < 1.29 is 9.21 Å². The van der Waals surface area contributed by atoms with Crippen LogP contribution in [0.1, 0.15) is 18.7 Å². The Kier molecular flexibility index (Phi) is 6.59. The van der Waals surface area contributed by atoms with E-state index in [1.165, 1.54) is 0 Å². The third kappa shape index (κ3) is 5.69. The van der Waals surface area contributed by atoms with Gasteiger partial charge in [-0.2, -0.15) is 0 Å². The number of oxazole rings is 1. The van der Waals surface area contributed by atoms with Crippen molar-refractivity contribution in [2.75, 3.05) is 39.3 Å². The van der Waals surface area contributed by atoms with Crippen LogP contribution in [0.15, 0.2) is 40.9 Å². The second-order valence-corrected chi connectivity index (χ2v) is 6.28. The van der Waals surface area contributed by atoms with E-state index in [1.807, 2.05) is 30.3 Å². The number of piperazine rings is 1. The first-order chi connectivity index (χ1) is 12.3. The van der Waals surface area contributed by atoms with Crippen LogP contribution in [0.4, 0.5) is 0 Å². The molecule has 6 nitrogen and oxygen atoms in total. The molecule has 1 aliphatic heterocycles. The van der Waals surface area contributed by atoms with Gasteiger partial charge >= 0.3 is 0 Å². The van der Waals surface area contributed by atoms with Gasteiger partial charge in [-0.25, -0.2) is 4.98 Å². The summed E-state index contributed by atoms with van der Waals surface area (Å²) in [5.41, 5.74) is 1.02. The number of nitrogens with zero attached hydrogens (tertiary/aromatic N) is 2. The summed E-state index contributed by atoms with van der Waals surface area (Å²) in [7, 11) is 0. The number of hydrogen-bond donors (Lipinski definition) is 2. The first-order valence-electron chi connectivity index (χ1n) is 9.01. The lowest BCUT2D eigenvalue weighted by atomic mass is 10.2. The monoisotopic (exact) mass is 342 g/mol. The lowest BCUT2D eigenvalue weighted by molar-refractivity contribution is -0.121. The fraction of sp³-hybridized carbons (Fsp3) is 0.474. The van der Waals surface area contributed by atoms with Crippen LogP contribution in [0.3, 0.4) is 0 Å². The number of aromatic nitrogens is 1. The predicted octanol–water partition coefficient (Wildman–Crippen LogP) is 1.69. The number of hydrogen-bond acceptors (Lipinski definition) is 5. The SMILES string of the molecule is O=C(CCCc1ncc(-c2ccccc2)o1)NCCN1CCNCC1. The highest BCUT2D eigenvalue weighted by Crippen LogP contribution is 2.20. The highest BCUT2D eigenvalue weighted by molar-refractivity contribution is 5.75. The summed E-state index contributed by atoms with van der Waals surface area (Å²) in [5, 5.41) is 6.32. The molecule has 1 aromatic carbocycles. The lowest BCUT2D eigenvalue weighted by Crippen LogP contribution is -2.46. The van der Waals surface area contributed by atoms with Gasteiger partial charge < -0.3 is 15.1 Å². The zero-order chi connectivity index (χ0) is 17.3. The Bertz CT molecular complexity index is 650. The van der Waals surface area contributed by atoms with Gasteiger partial charge in [-0.1, -0.05) is 30.3 Å². The van der Waals surface area contributed by atoms with Crippen molar-refractivity contribution in [3.63, 3.8) is 0 Å². The zero-order valence-electron chi connectivity index (χ0n) is 14.5. The van der Waals surface area contributed by atoms with Gasteiger partial charge in [0, 0.05) is 57.7 Å². The summed E-state index contributed by atoms with van der Waals surface area (Å²) in [4.78, 5) is 18.6. The number of benzene rings is 1. The maximum atomic E-state index is 11.9. The van der Waals surface area contributed by atoms with E-state index in [9.17, 15) is 4.79 Å². The predicted molar refractivity (Wildman–Crippen MR) is 97.2 cm³/mol. The normalized spacial score (nSPS) is 15.2. The molecule has 0 radical (unpaired) electrons. The number of carbonyl (C=O) groups is 1. The smallest absolute Gasteiger partial charge is 0.220 e. The van der Waals surface area contributed by atoms with Crippen LogP contribution in [0, 0.1) is 0 Å². The molecule has 1 saturated heterocycles. The highest BCUT2D eigenvalue weighted by atomic mass is 16.4. The summed E-state index contributed by atoms with van der Waals surface area (Å²) < 4.78 is 5.76. The summed E-state index contributed by atoms with van der Waals surface area (Å²) in [5.74, 6) is 1.56. The van der Waals surface area contributed by atoms with Crippen LogP contribution < -0.4 is 10.6 Å². The summed E-state index contributed by atoms with van der Waals surface area (Å²) in [6.07, 6.45) is 3.68. The van der Waals surface area contributed by atoms with Crippen molar-refractivity contribution in [3.05, 3.63) is 42.4 Å². The molecule has 134 valence electrons. The van der Waals surface area contributed by atoms with Crippen molar-refractivity contribution >= 4 is 5.91 Å². The largest absolute Gasteiger partial charge is 0.441 e. The number of nitrogens with one attached hydrogen (secondary N) is 2. The van der Waals surface area contributed by atoms with Gasteiger partial charge in [-0.3, -0.25) is 9.69 Å². The third-order valence-corrected chi connectivity index (χ3v) is 4.37. The lowest BCUT2D eigenvalue weighted by Gasteiger charge is -2.27. The number of aryl methyl sites for hydroxylation is 1. The Hall–Kier alpha value is -2.18. The Balaban J connectivity index is 1.32. The molecule has 2 N–H and O–H groups in total. The van der Waals surface area contributed by atoms with E-state index in [0.717, 1.165) is 57.0 Å². The fourth-order valence-corrected chi connectivity index (χ4v) is 2.94. The molecule has 1 fully saturated rings. The van der Waals surface area contributed by atoms with Crippen LogP contribution in [0.2, 0.25) is 0 Å². The van der Waals surface area contributed by atoms with E-state index in [0.29, 0.717) is 18.7 Å². The number of amides is 1. The topological polar surface area (TPSA) is 70.4 Å². The average molecular weight is 342 g/mol. The minimum atomic E-state index is 0.102. The van der Waals surface area contributed by atoms with E-state index >= 15 is 0 Å². The van der Waals surface area contributed by atoms with Crippen molar-refractivity contribution in [3.8, 4) is 11.3 Å². The third-order valence-electron chi connectivity index (χ3n) is 4.37. The first kappa shape index (κ1) is 17.6. The van der Waals surface area contributed by atoms with E-state index in [-0.39, 0.29) is 5.91 Å². The maximum Gasteiger partial charge on any atom is 0.220 e. The van der Waals surface area contributed by atoms with Crippen molar-refractivity contribution in [1.82, 2.24) is 20.5 Å². The molecule has 25 heavy (non-hydrogen) atoms. The van der Waals surface area contributed by atoms with Crippen molar-refractivity contribution in [2.45, 2.75) is 19.3 Å². The molecule has 3 rings (SSSR count). The van der Waals surface area contributed by atoms with Crippen LogP contribution >= 0.6 is 0 Å². The molecular weight excluding hydrogens is 316 g/mol. The van der Waals surface area contributed by atoms with Gasteiger partial charge in [0.2, 0.25) is 5.91 Å². The Labute approximate surface area is 148 Å². The Morgan fingerprint density at radius 3 is 2.84 bits per heavy atom. The summed E-state index contributed by atoms with van der Waals surface area (Å²) in [6, 6.07) is 9.92. The molecule has 0 saturated carbocycles. The zero-order valence-corrected chi connectivity index (χ0v) is 14.5.